The van der Waals surface area contributed by atoms with E-state index < -0.39 is 0 Å². The van der Waals surface area contributed by atoms with E-state index >= 15 is 0 Å². The summed E-state index contributed by atoms with van der Waals surface area (Å²) in [6, 6.07) is 9.13. The quantitative estimate of drug-likeness (QED) is 0.837. The predicted molar refractivity (Wildman–Crippen MR) is 82.2 cm³/mol. The van der Waals surface area contributed by atoms with Crippen molar-refractivity contribution in [2.45, 2.75) is 45.6 Å². The minimum atomic E-state index is 0.581. The molecule has 1 aliphatic rings. The van der Waals surface area contributed by atoms with Gasteiger partial charge in [0, 0.05) is 18.3 Å². The van der Waals surface area contributed by atoms with Gasteiger partial charge in [-0.1, -0.05) is 30.5 Å². The molecule has 98 valence electrons. The molecule has 0 amide bonds. The van der Waals surface area contributed by atoms with Gasteiger partial charge in [-0.25, -0.2) is 0 Å². The summed E-state index contributed by atoms with van der Waals surface area (Å²) in [4.78, 5) is 2.17. The van der Waals surface area contributed by atoms with Crippen molar-refractivity contribution in [1.29, 1.82) is 0 Å². The molecule has 0 radical (unpaired) electrons. The Morgan fingerprint density at radius 3 is 2.44 bits per heavy atom. The van der Waals surface area contributed by atoms with Gasteiger partial charge in [0.2, 0.25) is 0 Å². The van der Waals surface area contributed by atoms with Crippen molar-refractivity contribution in [1.82, 2.24) is 5.32 Å². The van der Waals surface area contributed by atoms with Gasteiger partial charge < -0.3 is 10.2 Å². The Labute approximate surface area is 115 Å². The first kappa shape index (κ1) is 13.3. The zero-order valence-electron chi connectivity index (χ0n) is 11.3. The molecule has 2 nitrogen and oxygen atoms in total. The third-order valence-corrected chi connectivity index (χ3v) is 3.93. The lowest BCUT2D eigenvalue weighted by Gasteiger charge is -2.27. The lowest BCUT2D eigenvalue weighted by atomic mass is 10.2. The number of benzene rings is 1. The van der Waals surface area contributed by atoms with Crippen LogP contribution in [-0.2, 0) is 0 Å². The van der Waals surface area contributed by atoms with Crippen LogP contribution < -0.4 is 10.2 Å². The van der Waals surface area contributed by atoms with Crippen LogP contribution in [0.5, 0.6) is 0 Å². The molecule has 1 saturated carbocycles. The topological polar surface area (TPSA) is 15.3 Å². The van der Waals surface area contributed by atoms with Crippen molar-refractivity contribution >= 4 is 23.0 Å². The number of nitrogens with one attached hydrogen (secondary N) is 1. The Balaban J connectivity index is 2.02. The summed E-state index contributed by atoms with van der Waals surface area (Å²) in [5.41, 5.74) is 2.46. The molecule has 1 fully saturated rings. The SMILES string of the molecule is CCN(C(=S)NC1CCCC1)c1ccc(C)cc1. The summed E-state index contributed by atoms with van der Waals surface area (Å²) in [6.45, 7) is 5.15. The van der Waals surface area contributed by atoms with Crippen LogP contribution in [-0.4, -0.2) is 17.7 Å². The molecule has 0 unspecified atom stereocenters. The Kier molecular flexibility index (Phi) is 4.59. The van der Waals surface area contributed by atoms with Crippen LogP contribution in [0.15, 0.2) is 24.3 Å². The molecule has 1 aliphatic carbocycles. The molecule has 0 aliphatic heterocycles. The first-order valence-electron chi connectivity index (χ1n) is 6.85. The molecule has 0 aromatic heterocycles. The summed E-state index contributed by atoms with van der Waals surface area (Å²) < 4.78 is 0. The average Bonchev–Trinajstić information content (AvgIpc) is 2.85. The Morgan fingerprint density at radius 2 is 1.89 bits per heavy atom. The van der Waals surface area contributed by atoms with Crippen LogP contribution in [0.2, 0.25) is 0 Å². The average molecular weight is 262 g/mol. The van der Waals surface area contributed by atoms with Gasteiger partial charge in [0.1, 0.15) is 0 Å². The first-order chi connectivity index (χ1) is 8.70. The van der Waals surface area contributed by atoms with Gasteiger partial charge in [0.25, 0.3) is 0 Å². The van der Waals surface area contributed by atoms with Crippen LogP contribution in [0.25, 0.3) is 0 Å². The summed E-state index contributed by atoms with van der Waals surface area (Å²) in [5, 5.41) is 4.37. The van der Waals surface area contributed by atoms with Crippen molar-refractivity contribution in [3.63, 3.8) is 0 Å². The van der Waals surface area contributed by atoms with E-state index in [9.17, 15) is 0 Å². The van der Waals surface area contributed by atoms with Crippen molar-refractivity contribution in [3.05, 3.63) is 29.8 Å². The highest BCUT2D eigenvalue weighted by Crippen LogP contribution is 2.20. The molecule has 0 bridgehead atoms. The van der Waals surface area contributed by atoms with Crippen LogP contribution in [0.3, 0.4) is 0 Å². The summed E-state index contributed by atoms with van der Waals surface area (Å²) in [7, 11) is 0. The van der Waals surface area contributed by atoms with Gasteiger partial charge in [-0.15, -0.1) is 0 Å². The van der Waals surface area contributed by atoms with E-state index in [1.807, 2.05) is 0 Å². The summed E-state index contributed by atoms with van der Waals surface area (Å²) in [6.07, 6.45) is 5.17. The van der Waals surface area contributed by atoms with Crippen LogP contribution in [0.1, 0.15) is 38.2 Å². The molecule has 1 aromatic rings. The minimum Gasteiger partial charge on any atom is -0.360 e. The van der Waals surface area contributed by atoms with E-state index in [2.05, 4.69) is 48.3 Å². The van der Waals surface area contributed by atoms with Crippen molar-refractivity contribution in [2.24, 2.45) is 0 Å². The smallest absolute Gasteiger partial charge is 0.173 e. The van der Waals surface area contributed by atoms with Gasteiger partial charge in [-0.3, -0.25) is 0 Å². The third-order valence-electron chi connectivity index (χ3n) is 3.59. The molecule has 0 spiro atoms. The first-order valence-corrected chi connectivity index (χ1v) is 7.26. The van der Waals surface area contributed by atoms with Crippen molar-refractivity contribution in [3.8, 4) is 0 Å². The number of hydrogen-bond acceptors (Lipinski definition) is 1. The highest BCUT2D eigenvalue weighted by atomic mass is 32.1. The fourth-order valence-electron chi connectivity index (χ4n) is 2.49. The molecule has 0 heterocycles. The molecule has 0 atom stereocenters. The van der Waals surface area contributed by atoms with Crippen LogP contribution >= 0.6 is 12.2 Å². The summed E-state index contributed by atoms with van der Waals surface area (Å²) in [5.74, 6) is 0. The molecule has 0 saturated heterocycles. The van der Waals surface area contributed by atoms with E-state index in [1.54, 1.807) is 0 Å². The van der Waals surface area contributed by atoms with Crippen LogP contribution in [0, 0.1) is 6.92 Å². The second-order valence-corrected chi connectivity index (χ2v) is 5.40. The van der Waals surface area contributed by atoms with E-state index in [0.29, 0.717) is 6.04 Å². The largest absolute Gasteiger partial charge is 0.360 e. The van der Waals surface area contributed by atoms with E-state index in [-0.39, 0.29) is 0 Å². The number of thiocarbonyl (C=S) groups is 1. The lowest BCUT2D eigenvalue weighted by molar-refractivity contribution is 0.628. The number of aryl methyl sites for hydroxylation is 1. The maximum atomic E-state index is 5.54. The zero-order chi connectivity index (χ0) is 13.0. The van der Waals surface area contributed by atoms with Crippen molar-refractivity contribution < 1.29 is 0 Å². The molecule has 1 aromatic carbocycles. The number of rotatable bonds is 3. The highest BCUT2D eigenvalue weighted by Gasteiger charge is 2.18. The molecule has 2 rings (SSSR count). The van der Waals surface area contributed by atoms with Gasteiger partial charge >= 0.3 is 0 Å². The highest BCUT2D eigenvalue weighted by molar-refractivity contribution is 7.80. The molecule has 18 heavy (non-hydrogen) atoms. The van der Waals surface area contributed by atoms with E-state index in [1.165, 1.54) is 36.9 Å². The standard InChI is InChI=1S/C15H22N2S/c1-3-17(14-10-8-12(2)9-11-14)15(18)16-13-6-4-5-7-13/h8-11,13H,3-7H2,1-2H3,(H,16,18). The fraction of sp³-hybridized carbons (Fsp3) is 0.533. The lowest BCUT2D eigenvalue weighted by Crippen LogP contribution is -2.43. The van der Waals surface area contributed by atoms with Crippen LogP contribution in [0.4, 0.5) is 5.69 Å². The monoisotopic (exact) mass is 262 g/mol. The van der Waals surface area contributed by atoms with Gasteiger partial charge in [0.15, 0.2) is 5.11 Å². The molecular formula is C15H22N2S. The fourth-order valence-corrected chi connectivity index (χ4v) is 2.89. The van der Waals surface area contributed by atoms with Gasteiger partial charge in [0.05, 0.1) is 0 Å². The molecular weight excluding hydrogens is 240 g/mol. The van der Waals surface area contributed by atoms with E-state index in [4.69, 9.17) is 12.2 Å². The second kappa shape index (κ2) is 6.19. The van der Waals surface area contributed by atoms with Crippen molar-refractivity contribution in [2.75, 3.05) is 11.4 Å². The zero-order valence-corrected chi connectivity index (χ0v) is 12.1. The second-order valence-electron chi connectivity index (χ2n) is 5.01. The minimum absolute atomic E-state index is 0.581. The van der Waals surface area contributed by atoms with Gasteiger partial charge in [-0.05, 0) is 51.0 Å². The Bertz CT molecular complexity index is 393. The number of nitrogens with zero attached hydrogens (tertiary/aromatic N) is 1. The number of hydrogen-bond donors (Lipinski definition) is 1. The van der Waals surface area contributed by atoms with E-state index in [0.717, 1.165) is 11.7 Å². The van der Waals surface area contributed by atoms with Gasteiger partial charge in [-0.2, -0.15) is 0 Å². The maximum absolute atomic E-state index is 5.54. The maximum Gasteiger partial charge on any atom is 0.173 e. The molecule has 3 heteroatoms. The molecule has 1 N–H and O–H groups in total. The summed E-state index contributed by atoms with van der Waals surface area (Å²) >= 11 is 5.54. The normalized spacial score (nSPS) is 15.7. The number of anilines is 1. The predicted octanol–water partition coefficient (Wildman–Crippen LogP) is 3.64. The Hall–Kier alpha value is -1.09. The third kappa shape index (κ3) is 3.22. The Morgan fingerprint density at radius 1 is 1.28 bits per heavy atom.